The van der Waals surface area contributed by atoms with Gasteiger partial charge in [-0.05, 0) is 56.0 Å². The molecule has 0 amide bonds. The first kappa shape index (κ1) is 14.0. The molecule has 0 bridgehead atoms. The second-order valence-electron chi connectivity index (χ2n) is 5.82. The van der Waals surface area contributed by atoms with E-state index < -0.39 is 0 Å². The maximum absolute atomic E-state index is 3.52. The van der Waals surface area contributed by atoms with Crippen LogP contribution in [-0.4, -0.2) is 13.1 Å². The summed E-state index contributed by atoms with van der Waals surface area (Å²) >= 11 is 0. The van der Waals surface area contributed by atoms with Crippen molar-refractivity contribution in [1.29, 1.82) is 0 Å². The summed E-state index contributed by atoms with van der Waals surface area (Å²) in [5.74, 6) is 0. The van der Waals surface area contributed by atoms with Gasteiger partial charge in [0.2, 0.25) is 0 Å². The summed E-state index contributed by atoms with van der Waals surface area (Å²) in [6.07, 6.45) is 2.44. The highest BCUT2D eigenvalue weighted by molar-refractivity contribution is 5.58. The lowest BCUT2D eigenvalue weighted by Crippen LogP contribution is -2.24. The molecule has 0 saturated carbocycles. The Labute approximate surface area is 127 Å². The van der Waals surface area contributed by atoms with Gasteiger partial charge < -0.3 is 10.2 Å². The van der Waals surface area contributed by atoms with Gasteiger partial charge in [0.25, 0.3) is 0 Å². The predicted octanol–water partition coefficient (Wildman–Crippen LogP) is 4.38. The highest BCUT2D eigenvalue weighted by Crippen LogP contribution is 2.27. The van der Waals surface area contributed by atoms with Crippen molar-refractivity contribution in [1.82, 2.24) is 0 Å². The van der Waals surface area contributed by atoms with Crippen LogP contribution in [0.1, 0.15) is 30.0 Å². The first-order valence-electron chi connectivity index (χ1n) is 7.94. The number of anilines is 2. The minimum atomic E-state index is 0.990. The Bertz CT molecular complexity index is 601. The molecule has 0 aliphatic carbocycles. The lowest BCUT2D eigenvalue weighted by Gasteiger charge is -2.27. The molecule has 21 heavy (non-hydrogen) atoms. The van der Waals surface area contributed by atoms with Crippen molar-refractivity contribution in [3.05, 3.63) is 59.2 Å². The second kappa shape index (κ2) is 6.21. The minimum Gasteiger partial charge on any atom is -0.385 e. The van der Waals surface area contributed by atoms with Crippen LogP contribution < -0.4 is 10.2 Å². The fourth-order valence-corrected chi connectivity index (χ4v) is 3.08. The Balaban J connectivity index is 1.86. The lowest BCUT2D eigenvalue weighted by atomic mass is 9.97. The van der Waals surface area contributed by atoms with Gasteiger partial charge in [-0.15, -0.1) is 0 Å². The number of nitrogens with one attached hydrogen (secondary N) is 1. The van der Waals surface area contributed by atoms with Gasteiger partial charge in [0.15, 0.2) is 0 Å². The first-order chi connectivity index (χ1) is 10.3. The van der Waals surface area contributed by atoms with Crippen molar-refractivity contribution in [3.8, 4) is 0 Å². The zero-order valence-electron chi connectivity index (χ0n) is 13.0. The molecular formula is C19H24N2. The molecule has 1 N–H and O–H groups in total. The van der Waals surface area contributed by atoms with Gasteiger partial charge in [-0.2, -0.15) is 0 Å². The van der Waals surface area contributed by atoms with Crippen LogP contribution in [0, 0.1) is 6.92 Å². The van der Waals surface area contributed by atoms with E-state index in [1.807, 2.05) is 0 Å². The normalized spacial score (nSPS) is 13.4. The zero-order chi connectivity index (χ0) is 14.7. The van der Waals surface area contributed by atoms with Crippen LogP contribution in [-0.2, 0) is 13.0 Å². The monoisotopic (exact) mass is 280 g/mol. The third-order valence-electron chi connectivity index (χ3n) is 4.33. The van der Waals surface area contributed by atoms with Crippen LogP contribution in [0.15, 0.2) is 42.5 Å². The molecule has 0 fully saturated rings. The van der Waals surface area contributed by atoms with E-state index in [0.717, 1.165) is 19.6 Å². The lowest BCUT2D eigenvalue weighted by molar-refractivity contribution is 0.784. The van der Waals surface area contributed by atoms with E-state index in [4.69, 9.17) is 0 Å². The maximum Gasteiger partial charge on any atom is 0.0432 e. The van der Waals surface area contributed by atoms with Crippen LogP contribution in [0.25, 0.3) is 0 Å². The standard InChI is InChI=1S/C19H24N2/c1-3-21(17-11-9-15(2)10-12-17)14-16-6-4-8-19-18(16)7-5-13-20-19/h4,6,8-12,20H,3,5,7,13-14H2,1-2H3. The smallest absolute Gasteiger partial charge is 0.0432 e. The van der Waals surface area contributed by atoms with E-state index >= 15 is 0 Å². The summed E-state index contributed by atoms with van der Waals surface area (Å²) in [4.78, 5) is 2.45. The second-order valence-corrected chi connectivity index (χ2v) is 5.82. The minimum absolute atomic E-state index is 0.990. The average molecular weight is 280 g/mol. The molecule has 2 heteroatoms. The molecule has 1 aliphatic rings. The molecule has 1 aliphatic heterocycles. The largest absolute Gasteiger partial charge is 0.385 e. The molecule has 0 unspecified atom stereocenters. The number of nitrogens with zero attached hydrogens (tertiary/aromatic N) is 1. The first-order valence-corrected chi connectivity index (χ1v) is 7.94. The summed E-state index contributed by atoms with van der Waals surface area (Å²) in [5.41, 5.74) is 6.93. The fourth-order valence-electron chi connectivity index (χ4n) is 3.08. The van der Waals surface area contributed by atoms with Gasteiger partial charge in [-0.1, -0.05) is 29.8 Å². The molecule has 2 aromatic carbocycles. The van der Waals surface area contributed by atoms with Crippen LogP contribution in [0.2, 0.25) is 0 Å². The molecular weight excluding hydrogens is 256 g/mol. The summed E-state index contributed by atoms with van der Waals surface area (Å²) in [7, 11) is 0. The molecule has 0 radical (unpaired) electrons. The van der Waals surface area contributed by atoms with Gasteiger partial charge in [0, 0.05) is 31.0 Å². The Hall–Kier alpha value is -1.96. The summed E-state index contributed by atoms with van der Waals surface area (Å²) in [6.45, 7) is 7.49. The number of hydrogen-bond donors (Lipinski definition) is 1. The maximum atomic E-state index is 3.52. The molecule has 2 aromatic rings. The molecule has 110 valence electrons. The quantitative estimate of drug-likeness (QED) is 0.894. The Morgan fingerprint density at radius 3 is 2.67 bits per heavy atom. The third-order valence-corrected chi connectivity index (χ3v) is 4.33. The Morgan fingerprint density at radius 2 is 1.90 bits per heavy atom. The van der Waals surface area contributed by atoms with Crippen molar-refractivity contribution in [2.24, 2.45) is 0 Å². The highest BCUT2D eigenvalue weighted by Gasteiger charge is 2.14. The van der Waals surface area contributed by atoms with Crippen LogP contribution in [0.5, 0.6) is 0 Å². The third kappa shape index (κ3) is 3.05. The highest BCUT2D eigenvalue weighted by atomic mass is 15.1. The van der Waals surface area contributed by atoms with Crippen LogP contribution in [0.3, 0.4) is 0 Å². The topological polar surface area (TPSA) is 15.3 Å². The van der Waals surface area contributed by atoms with Crippen molar-refractivity contribution in [2.75, 3.05) is 23.3 Å². The Kier molecular flexibility index (Phi) is 4.14. The number of rotatable bonds is 4. The van der Waals surface area contributed by atoms with Gasteiger partial charge in [0.05, 0.1) is 0 Å². The molecule has 3 rings (SSSR count). The SMILES string of the molecule is CCN(Cc1cccc2c1CCCN2)c1ccc(C)cc1. The van der Waals surface area contributed by atoms with Gasteiger partial charge in [-0.3, -0.25) is 0 Å². The van der Waals surface area contributed by atoms with E-state index in [0.29, 0.717) is 0 Å². The zero-order valence-corrected chi connectivity index (χ0v) is 13.0. The van der Waals surface area contributed by atoms with Crippen molar-refractivity contribution < 1.29 is 0 Å². The predicted molar refractivity (Wildman–Crippen MR) is 91.2 cm³/mol. The molecule has 0 spiro atoms. The summed E-state index contributed by atoms with van der Waals surface area (Å²) < 4.78 is 0. The van der Waals surface area contributed by atoms with E-state index in [1.54, 1.807) is 0 Å². The van der Waals surface area contributed by atoms with Crippen molar-refractivity contribution in [3.63, 3.8) is 0 Å². The molecule has 0 atom stereocenters. The van der Waals surface area contributed by atoms with Gasteiger partial charge in [0.1, 0.15) is 0 Å². The van der Waals surface area contributed by atoms with Crippen molar-refractivity contribution >= 4 is 11.4 Å². The molecule has 0 aromatic heterocycles. The van der Waals surface area contributed by atoms with E-state index in [9.17, 15) is 0 Å². The summed E-state index contributed by atoms with van der Waals surface area (Å²) in [6, 6.07) is 15.5. The van der Waals surface area contributed by atoms with E-state index in [-0.39, 0.29) is 0 Å². The van der Waals surface area contributed by atoms with Gasteiger partial charge >= 0.3 is 0 Å². The molecule has 2 nitrogen and oxygen atoms in total. The average Bonchev–Trinajstić information content (AvgIpc) is 2.54. The summed E-state index contributed by atoms with van der Waals surface area (Å²) in [5, 5.41) is 3.52. The number of hydrogen-bond acceptors (Lipinski definition) is 2. The van der Waals surface area contributed by atoms with Crippen LogP contribution >= 0.6 is 0 Å². The Morgan fingerprint density at radius 1 is 1.10 bits per heavy atom. The number of benzene rings is 2. The van der Waals surface area contributed by atoms with E-state index in [1.165, 1.54) is 40.9 Å². The molecule has 1 heterocycles. The fraction of sp³-hybridized carbons (Fsp3) is 0.368. The van der Waals surface area contributed by atoms with E-state index in [2.05, 4.69) is 66.5 Å². The van der Waals surface area contributed by atoms with Crippen LogP contribution in [0.4, 0.5) is 11.4 Å². The van der Waals surface area contributed by atoms with Crippen molar-refractivity contribution in [2.45, 2.75) is 33.2 Å². The van der Waals surface area contributed by atoms with Gasteiger partial charge in [-0.25, -0.2) is 0 Å². The number of aryl methyl sites for hydroxylation is 1. The number of fused-ring (bicyclic) bond motifs is 1. The molecule has 0 saturated heterocycles.